The molecule has 1 aromatic heterocycles. The van der Waals surface area contributed by atoms with Crippen LogP contribution >= 0.6 is 0 Å². The van der Waals surface area contributed by atoms with E-state index < -0.39 is 16.9 Å². The van der Waals surface area contributed by atoms with Crippen molar-refractivity contribution >= 4 is 11.8 Å². The molecule has 0 aromatic carbocycles. The van der Waals surface area contributed by atoms with E-state index in [1.54, 1.807) is 6.92 Å². The highest BCUT2D eigenvalue weighted by atomic mass is 16.6. The molecule has 2 atom stereocenters. The third-order valence-corrected chi connectivity index (χ3v) is 3.89. The number of aliphatic carboxylic acids is 1. The van der Waals surface area contributed by atoms with Crippen molar-refractivity contribution in [1.82, 2.24) is 14.5 Å². The summed E-state index contributed by atoms with van der Waals surface area (Å²) in [4.78, 5) is 27.5. The van der Waals surface area contributed by atoms with Crippen molar-refractivity contribution in [3.05, 3.63) is 22.1 Å². The second-order valence-corrected chi connectivity index (χ2v) is 5.16. The van der Waals surface area contributed by atoms with Crippen molar-refractivity contribution in [1.29, 1.82) is 0 Å². The lowest BCUT2D eigenvalue weighted by molar-refractivity contribution is -0.392. The van der Waals surface area contributed by atoms with E-state index in [9.17, 15) is 20.0 Å². The predicted octanol–water partition coefficient (Wildman–Crippen LogP) is 0.895. The van der Waals surface area contributed by atoms with Gasteiger partial charge in [0.05, 0.1) is 0 Å². The molecule has 0 spiro atoms. The zero-order valence-corrected chi connectivity index (χ0v) is 11.5. The Morgan fingerprint density at radius 1 is 1.60 bits per heavy atom. The zero-order chi connectivity index (χ0) is 14.9. The fourth-order valence-corrected chi connectivity index (χ4v) is 2.78. The van der Waals surface area contributed by atoms with Gasteiger partial charge >= 0.3 is 11.8 Å². The van der Waals surface area contributed by atoms with Crippen molar-refractivity contribution in [3.8, 4) is 0 Å². The minimum atomic E-state index is -0.827. The van der Waals surface area contributed by atoms with Crippen molar-refractivity contribution in [2.45, 2.75) is 32.9 Å². The minimum absolute atomic E-state index is 0.0541. The first-order valence-electron chi connectivity index (χ1n) is 6.55. The van der Waals surface area contributed by atoms with Crippen molar-refractivity contribution in [2.24, 2.45) is 5.92 Å². The average molecular weight is 282 g/mol. The monoisotopic (exact) mass is 282 g/mol. The van der Waals surface area contributed by atoms with E-state index >= 15 is 0 Å². The van der Waals surface area contributed by atoms with Gasteiger partial charge in [0.15, 0.2) is 5.82 Å². The summed E-state index contributed by atoms with van der Waals surface area (Å²) < 4.78 is 1.52. The van der Waals surface area contributed by atoms with E-state index in [-0.39, 0.29) is 11.7 Å². The average Bonchev–Trinajstić information content (AvgIpc) is 2.90. The summed E-state index contributed by atoms with van der Waals surface area (Å²) in [6.45, 7) is 5.18. The number of nitro groups is 1. The molecular formula is C12H18N4O4. The van der Waals surface area contributed by atoms with Crippen molar-refractivity contribution < 1.29 is 14.8 Å². The smallest absolute Gasteiger partial charge is 0.342 e. The van der Waals surface area contributed by atoms with Crippen LogP contribution in [0.1, 0.15) is 19.2 Å². The molecule has 110 valence electrons. The standard InChI is InChI=1S/C12H18N4O4/c1-8-3-4-14(11(8)12(17)18)5-6-15-9(2)13-7-10(15)16(19)20/h7-8,11H,3-6H2,1-2H3,(H,17,18). The maximum atomic E-state index is 11.3. The molecule has 8 heteroatoms. The third-order valence-electron chi connectivity index (χ3n) is 3.89. The van der Waals surface area contributed by atoms with Crippen LogP contribution in [-0.4, -0.2) is 49.6 Å². The van der Waals surface area contributed by atoms with E-state index in [2.05, 4.69) is 4.98 Å². The topological polar surface area (TPSA) is 102 Å². The minimum Gasteiger partial charge on any atom is -0.480 e. The molecular weight excluding hydrogens is 264 g/mol. The van der Waals surface area contributed by atoms with Crippen LogP contribution in [0, 0.1) is 23.0 Å². The summed E-state index contributed by atoms with van der Waals surface area (Å²) in [6, 6.07) is -0.502. The number of aromatic nitrogens is 2. The molecule has 2 unspecified atom stereocenters. The number of likely N-dealkylation sites (tertiary alicyclic amines) is 1. The molecule has 0 amide bonds. The molecule has 1 aliphatic rings. The number of hydrogen-bond acceptors (Lipinski definition) is 5. The number of nitrogens with zero attached hydrogens (tertiary/aromatic N) is 4. The number of carboxylic acids is 1. The quantitative estimate of drug-likeness (QED) is 0.635. The summed E-state index contributed by atoms with van der Waals surface area (Å²) in [6.07, 6.45) is 2.07. The van der Waals surface area contributed by atoms with Crippen LogP contribution in [0.2, 0.25) is 0 Å². The molecule has 8 nitrogen and oxygen atoms in total. The van der Waals surface area contributed by atoms with Gasteiger partial charge in [0, 0.05) is 13.5 Å². The highest BCUT2D eigenvalue weighted by Crippen LogP contribution is 2.24. The van der Waals surface area contributed by atoms with Crippen LogP contribution in [0.25, 0.3) is 0 Å². The van der Waals surface area contributed by atoms with Gasteiger partial charge in [-0.2, -0.15) is 0 Å². The second kappa shape index (κ2) is 5.58. The van der Waals surface area contributed by atoms with E-state index in [0.717, 1.165) is 6.42 Å². The molecule has 2 heterocycles. The van der Waals surface area contributed by atoms with Gasteiger partial charge in [0.25, 0.3) is 0 Å². The third kappa shape index (κ3) is 2.64. The normalized spacial score (nSPS) is 23.1. The SMILES string of the molecule is Cc1ncc([N+](=O)[O-])n1CCN1CCC(C)C1C(=O)O. The Kier molecular flexibility index (Phi) is 4.03. The molecule has 1 N–H and O–H groups in total. The van der Waals surface area contributed by atoms with E-state index in [4.69, 9.17) is 0 Å². The molecule has 1 aromatic rings. The number of hydrogen-bond donors (Lipinski definition) is 1. The number of carbonyl (C=O) groups is 1. The molecule has 20 heavy (non-hydrogen) atoms. The highest BCUT2D eigenvalue weighted by molar-refractivity contribution is 5.74. The Hall–Kier alpha value is -1.96. The molecule has 0 saturated carbocycles. The molecule has 1 fully saturated rings. The van der Waals surface area contributed by atoms with Gasteiger partial charge in [-0.25, -0.2) is 9.55 Å². The second-order valence-electron chi connectivity index (χ2n) is 5.16. The van der Waals surface area contributed by atoms with Crippen LogP contribution < -0.4 is 0 Å². The summed E-state index contributed by atoms with van der Waals surface area (Å²) in [5, 5.41) is 20.1. The molecule has 2 rings (SSSR count). The summed E-state index contributed by atoms with van der Waals surface area (Å²) in [5.74, 6) is -0.212. The Bertz CT molecular complexity index is 528. The van der Waals surface area contributed by atoms with Crippen LogP contribution in [0.15, 0.2) is 6.20 Å². The van der Waals surface area contributed by atoms with Crippen molar-refractivity contribution in [3.63, 3.8) is 0 Å². The first kappa shape index (κ1) is 14.4. The van der Waals surface area contributed by atoms with Crippen molar-refractivity contribution in [2.75, 3.05) is 13.1 Å². The van der Waals surface area contributed by atoms with E-state index in [1.807, 2.05) is 11.8 Å². The van der Waals surface area contributed by atoms with Gasteiger partial charge in [-0.3, -0.25) is 9.69 Å². The lowest BCUT2D eigenvalue weighted by Crippen LogP contribution is -2.40. The largest absolute Gasteiger partial charge is 0.480 e. The zero-order valence-electron chi connectivity index (χ0n) is 11.5. The summed E-state index contributed by atoms with van der Waals surface area (Å²) in [7, 11) is 0. The Labute approximate surface area is 116 Å². The molecule has 0 aliphatic carbocycles. The van der Waals surface area contributed by atoms with Crippen LogP contribution in [-0.2, 0) is 11.3 Å². The molecule has 0 radical (unpaired) electrons. The van der Waals surface area contributed by atoms with Gasteiger partial charge in [0.1, 0.15) is 18.8 Å². The summed E-state index contributed by atoms with van der Waals surface area (Å²) >= 11 is 0. The maximum absolute atomic E-state index is 11.3. The number of aryl methyl sites for hydroxylation is 1. The van der Waals surface area contributed by atoms with E-state index in [1.165, 1.54) is 10.8 Å². The van der Waals surface area contributed by atoms with Gasteiger partial charge in [-0.1, -0.05) is 6.92 Å². The number of carboxylic acid groups (broad SMARTS) is 1. The number of imidazole rings is 1. The summed E-state index contributed by atoms with van der Waals surface area (Å²) in [5.41, 5.74) is 0. The molecule has 1 aliphatic heterocycles. The Balaban J connectivity index is 2.07. The molecule has 1 saturated heterocycles. The Morgan fingerprint density at radius 2 is 2.30 bits per heavy atom. The number of rotatable bonds is 5. The first-order chi connectivity index (χ1) is 9.41. The lowest BCUT2D eigenvalue weighted by Gasteiger charge is -2.22. The van der Waals surface area contributed by atoms with Crippen LogP contribution in [0.3, 0.4) is 0 Å². The van der Waals surface area contributed by atoms with Gasteiger partial charge in [0.2, 0.25) is 0 Å². The molecule has 0 bridgehead atoms. The highest BCUT2D eigenvalue weighted by Gasteiger charge is 2.36. The van der Waals surface area contributed by atoms with E-state index in [0.29, 0.717) is 25.5 Å². The van der Waals surface area contributed by atoms with Gasteiger partial charge < -0.3 is 15.2 Å². The first-order valence-corrected chi connectivity index (χ1v) is 6.55. The van der Waals surface area contributed by atoms with Crippen LogP contribution in [0.5, 0.6) is 0 Å². The predicted molar refractivity (Wildman–Crippen MR) is 70.4 cm³/mol. The van der Waals surface area contributed by atoms with Gasteiger partial charge in [-0.15, -0.1) is 0 Å². The Morgan fingerprint density at radius 3 is 2.90 bits per heavy atom. The lowest BCUT2D eigenvalue weighted by atomic mass is 10.0. The van der Waals surface area contributed by atoms with Crippen LogP contribution in [0.4, 0.5) is 5.82 Å². The fraction of sp³-hybridized carbons (Fsp3) is 0.667. The van der Waals surface area contributed by atoms with Gasteiger partial charge in [-0.05, 0) is 23.8 Å². The fourth-order valence-electron chi connectivity index (χ4n) is 2.78. The maximum Gasteiger partial charge on any atom is 0.342 e.